The van der Waals surface area contributed by atoms with Crippen molar-refractivity contribution in [3.05, 3.63) is 29.8 Å². The van der Waals surface area contributed by atoms with Crippen molar-refractivity contribution in [2.24, 2.45) is 11.7 Å². The second-order valence-electron chi connectivity index (χ2n) is 4.70. The Balaban J connectivity index is 1.76. The third-order valence-electron chi connectivity index (χ3n) is 3.19. The van der Waals surface area contributed by atoms with Crippen LogP contribution in [0.2, 0.25) is 0 Å². The van der Waals surface area contributed by atoms with Crippen molar-refractivity contribution < 1.29 is 9.47 Å². The fourth-order valence-electron chi connectivity index (χ4n) is 1.83. The van der Waals surface area contributed by atoms with E-state index < -0.39 is 0 Å². The molecular formula is C14H21NO2. The lowest BCUT2D eigenvalue weighted by Gasteiger charge is -2.12. The second kappa shape index (κ2) is 6.03. The van der Waals surface area contributed by atoms with Gasteiger partial charge in [0.25, 0.3) is 0 Å². The minimum Gasteiger partial charge on any atom is -0.492 e. The molecule has 3 heteroatoms. The summed E-state index contributed by atoms with van der Waals surface area (Å²) in [5, 5.41) is 0. The van der Waals surface area contributed by atoms with Gasteiger partial charge in [0.2, 0.25) is 0 Å². The molecule has 3 nitrogen and oxygen atoms in total. The molecule has 1 fully saturated rings. The molecule has 1 saturated carbocycles. The van der Waals surface area contributed by atoms with Gasteiger partial charge >= 0.3 is 0 Å². The number of rotatable bonds is 7. The molecule has 0 heterocycles. The van der Waals surface area contributed by atoms with Crippen LogP contribution in [-0.4, -0.2) is 26.4 Å². The molecule has 1 atom stereocenters. The number of nitrogens with two attached hydrogens (primary N) is 1. The lowest BCUT2D eigenvalue weighted by molar-refractivity contribution is 0.202. The number of benzene rings is 1. The summed E-state index contributed by atoms with van der Waals surface area (Å²) >= 11 is 0. The van der Waals surface area contributed by atoms with E-state index >= 15 is 0 Å². The van der Waals surface area contributed by atoms with E-state index in [4.69, 9.17) is 15.2 Å². The zero-order valence-electron chi connectivity index (χ0n) is 10.4. The van der Waals surface area contributed by atoms with E-state index in [1.807, 2.05) is 12.1 Å². The zero-order valence-corrected chi connectivity index (χ0v) is 10.4. The predicted molar refractivity (Wildman–Crippen MR) is 68.2 cm³/mol. The fourth-order valence-corrected chi connectivity index (χ4v) is 1.83. The summed E-state index contributed by atoms with van der Waals surface area (Å²) in [7, 11) is 1.72. The minimum absolute atomic E-state index is 0.197. The van der Waals surface area contributed by atoms with Crippen molar-refractivity contribution >= 4 is 0 Å². The summed E-state index contributed by atoms with van der Waals surface area (Å²) in [5.74, 6) is 1.60. The first-order valence-electron chi connectivity index (χ1n) is 6.26. The van der Waals surface area contributed by atoms with Gasteiger partial charge < -0.3 is 15.2 Å². The quantitative estimate of drug-likeness (QED) is 0.786. The van der Waals surface area contributed by atoms with E-state index in [0.717, 1.165) is 18.8 Å². The van der Waals surface area contributed by atoms with Crippen LogP contribution in [0, 0.1) is 5.92 Å². The Kier molecular flexibility index (Phi) is 4.40. The maximum atomic E-state index is 5.98. The van der Waals surface area contributed by atoms with E-state index in [9.17, 15) is 0 Å². The SMILES string of the molecule is COCCc1ccc(OCC(N)C2CC2)cc1. The highest BCUT2D eigenvalue weighted by Gasteiger charge is 2.28. The molecule has 0 radical (unpaired) electrons. The molecule has 17 heavy (non-hydrogen) atoms. The molecular weight excluding hydrogens is 214 g/mol. The Labute approximate surface area is 103 Å². The van der Waals surface area contributed by atoms with Gasteiger partial charge in [0, 0.05) is 13.2 Å². The average molecular weight is 235 g/mol. The Morgan fingerprint density at radius 3 is 2.59 bits per heavy atom. The van der Waals surface area contributed by atoms with Crippen molar-refractivity contribution in [2.45, 2.75) is 25.3 Å². The molecule has 0 amide bonds. The molecule has 0 aromatic heterocycles. The summed E-state index contributed by atoms with van der Waals surface area (Å²) < 4.78 is 10.7. The van der Waals surface area contributed by atoms with Gasteiger partial charge in [-0.1, -0.05) is 12.1 Å². The lowest BCUT2D eigenvalue weighted by Crippen LogP contribution is -2.29. The average Bonchev–Trinajstić information content (AvgIpc) is 3.19. The third-order valence-corrected chi connectivity index (χ3v) is 3.19. The molecule has 94 valence electrons. The van der Waals surface area contributed by atoms with Crippen LogP contribution in [0.5, 0.6) is 5.75 Å². The summed E-state index contributed by atoms with van der Waals surface area (Å²) in [4.78, 5) is 0. The molecule has 2 rings (SSSR count). The first-order valence-corrected chi connectivity index (χ1v) is 6.26. The Morgan fingerprint density at radius 1 is 1.29 bits per heavy atom. The van der Waals surface area contributed by atoms with Gasteiger partial charge in [0.05, 0.1) is 6.61 Å². The van der Waals surface area contributed by atoms with Gasteiger partial charge in [-0.25, -0.2) is 0 Å². The number of hydrogen-bond acceptors (Lipinski definition) is 3. The van der Waals surface area contributed by atoms with Crippen molar-refractivity contribution in [1.82, 2.24) is 0 Å². The van der Waals surface area contributed by atoms with Crippen LogP contribution in [-0.2, 0) is 11.2 Å². The Hall–Kier alpha value is -1.06. The molecule has 0 aliphatic heterocycles. The van der Waals surface area contributed by atoms with Crippen LogP contribution in [0.15, 0.2) is 24.3 Å². The maximum absolute atomic E-state index is 5.98. The van der Waals surface area contributed by atoms with Crippen LogP contribution in [0.1, 0.15) is 18.4 Å². The first kappa shape index (κ1) is 12.4. The van der Waals surface area contributed by atoms with E-state index in [1.165, 1.54) is 18.4 Å². The van der Waals surface area contributed by atoms with E-state index in [1.54, 1.807) is 7.11 Å². The second-order valence-corrected chi connectivity index (χ2v) is 4.70. The molecule has 1 unspecified atom stereocenters. The predicted octanol–water partition coefficient (Wildman–Crippen LogP) is 1.99. The smallest absolute Gasteiger partial charge is 0.119 e. The van der Waals surface area contributed by atoms with E-state index in [-0.39, 0.29) is 6.04 Å². The molecule has 1 aliphatic rings. The van der Waals surface area contributed by atoms with Gasteiger partial charge in [-0.2, -0.15) is 0 Å². The third kappa shape index (κ3) is 4.02. The maximum Gasteiger partial charge on any atom is 0.119 e. The first-order chi connectivity index (χ1) is 8.29. The summed E-state index contributed by atoms with van der Waals surface area (Å²) in [6, 6.07) is 8.37. The highest BCUT2D eigenvalue weighted by Crippen LogP contribution is 2.31. The highest BCUT2D eigenvalue weighted by molar-refractivity contribution is 5.27. The van der Waals surface area contributed by atoms with Gasteiger partial charge in [0.15, 0.2) is 0 Å². The molecule has 0 saturated heterocycles. The van der Waals surface area contributed by atoms with Gasteiger partial charge in [-0.15, -0.1) is 0 Å². The number of ether oxygens (including phenoxy) is 2. The summed E-state index contributed by atoms with van der Waals surface area (Å²) in [6.45, 7) is 1.38. The van der Waals surface area contributed by atoms with E-state index in [2.05, 4.69) is 12.1 Å². The normalized spacial score (nSPS) is 16.8. The van der Waals surface area contributed by atoms with Crippen LogP contribution in [0.4, 0.5) is 0 Å². The Morgan fingerprint density at radius 2 is 2.00 bits per heavy atom. The van der Waals surface area contributed by atoms with Crippen LogP contribution < -0.4 is 10.5 Å². The molecule has 2 N–H and O–H groups in total. The molecule has 1 aromatic rings. The monoisotopic (exact) mass is 235 g/mol. The lowest BCUT2D eigenvalue weighted by atomic mass is 10.1. The standard InChI is InChI=1S/C14H21NO2/c1-16-9-8-11-2-6-13(7-3-11)17-10-14(15)12-4-5-12/h2-3,6-7,12,14H,4-5,8-10,15H2,1H3. The molecule has 0 bridgehead atoms. The zero-order chi connectivity index (χ0) is 12.1. The number of hydrogen-bond donors (Lipinski definition) is 1. The molecule has 1 aliphatic carbocycles. The van der Waals surface area contributed by atoms with Crippen molar-refractivity contribution in [3.63, 3.8) is 0 Å². The van der Waals surface area contributed by atoms with Crippen LogP contribution >= 0.6 is 0 Å². The van der Waals surface area contributed by atoms with Crippen molar-refractivity contribution in [3.8, 4) is 5.75 Å². The Bertz CT molecular complexity index is 333. The summed E-state index contributed by atoms with van der Waals surface area (Å²) in [6.07, 6.45) is 3.47. The fraction of sp³-hybridized carbons (Fsp3) is 0.571. The molecule has 0 spiro atoms. The van der Waals surface area contributed by atoms with Crippen LogP contribution in [0.3, 0.4) is 0 Å². The van der Waals surface area contributed by atoms with Gasteiger partial charge in [-0.3, -0.25) is 0 Å². The topological polar surface area (TPSA) is 44.5 Å². The largest absolute Gasteiger partial charge is 0.492 e. The molecule has 1 aromatic carbocycles. The highest BCUT2D eigenvalue weighted by atomic mass is 16.5. The van der Waals surface area contributed by atoms with E-state index in [0.29, 0.717) is 12.5 Å². The van der Waals surface area contributed by atoms with Crippen molar-refractivity contribution in [1.29, 1.82) is 0 Å². The van der Waals surface area contributed by atoms with Gasteiger partial charge in [-0.05, 0) is 42.9 Å². The summed E-state index contributed by atoms with van der Waals surface area (Å²) in [5.41, 5.74) is 7.25. The number of methoxy groups -OCH3 is 1. The van der Waals surface area contributed by atoms with Crippen molar-refractivity contribution in [2.75, 3.05) is 20.3 Å². The van der Waals surface area contributed by atoms with Crippen LogP contribution in [0.25, 0.3) is 0 Å². The van der Waals surface area contributed by atoms with Gasteiger partial charge in [0.1, 0.15) is 12.4 Å². The minimum atomic E-state index is 0.197.